The number of rotatable bonds is 9. The predicted molar refractivity (Wildman–Crippen MR) is 108 cm³/mol. The number of piperazine rings is 1. The smallest absolute Gasteiger partial charge is 0.0270 e. The van der Waals surface area contributed by atoms with Gasteiger partial charge in [-0.1, -0.05) is 27.7 Å². The largest absolute Gasteiger partial charge is 0.301 e. The van der Waals surface area contributed by atoms with Crippen molar-refractivity contribution in [2.45, 2.75) is 59.8 Å². The number of aromatic nitrogens is 1. The molecule has 1 atom stereocenters. The van der Waals surface area contributed by atoms with Crippen LogP contribution in [0.25, 0.3) is 0 Å². The highest BCUT2D eigenvalue weighted by Crippen LogP contribution is 2.21. The zero-order valence-electron chi connectivity index (χ0n) is 17.0. The minimum Gasteiger partial charge on any atom is -0.301 e. The van der Waals surface area contributed by atoms with Crippen LogP contribution in [0.4, 0.5) is 0 Å². The molecule has 1 aliphatic heterocycles. The first-order valence-corrected chi connectivity index (χ1v) is 10.3. The van der Waals surface area contributed by atoms with E-state index in [-0.39, 0.29) is 0 Å². The van der Waals surface area contributed by atoms with Crippen molar-refractivity contribution in [1.29, 1.82) is 0 Å². The van der Waals surface area contributed by atoms with Crippen molar-refractivity contribution in [3.8, 4) is 0 Å². The van der Waals surface area contributed by atoms with Crippen molar-refractivity contribution < 1.29 is 0 Å². The van der Waals surface area contributed by atoms with Crippen molar-refractivity contribution in [2.24, 2.45) is 11.3 Å². The SMILES string of the molecule is CC(CCc1ccncc1)CCN1CCN(CCCC(C)(C)C)CC1. The van der Waals surface area contributed by atoms with Gasteiger partial charge in [-0.2, -0.15) is 0 Å². The van der Waals surface area contributed by atoms with Crippen LogP contribution in [0.2, 0.25) is 0 Å². The molecule has 25 heavy (non-hydrogen) atoms. The average Bonchev–Trinajstić information content (AvgIpc) is 2.59. The molecule has 2 heterocycles. The van der Waals surface area contributed by atoms with E-state index in [1.54, 1.807) is 0 Å². The van der Waals surface area contributed by atoms with E-state index in [1.165, 1.54) is 76.9 Å². The minimum atomic E-state index is 0.480. The van der Waals surface area contributed by atoms with E-state index in [2.05, 4.69) is 54.6 Å². The maximum Gasteiger partial charge on any atom is 0.0270 e. The molecule has 2 rings (SSSR count). The summed E-state index contributed by atoms with van der Waals surface area (Å²) in [5, 5.41) is 0. The molecule has 0 aromatic carbocycles. The fourth-order valence-electron chi connectivity index (χ4n) is 3.58. The third kappa shape index (κ3) is 8.82. The minimum absolute atomic E-state index is 0.480. The van der Waals surface area contributed by atoms with Gasteiger partial charge in [-0.15, -0.1) is 0 Å². The lowest BCUT2D eigenvalue weighted by Gasteiger charge is -2.35. The van der Waals surface area contributed by atoms with E-state index in [0.29, 0.717) is 5.41 Å². The van der Waals surface area contributed by atoms with Crippen molar-refractivity contribution >= 4 is 0 Å². The molecular weight excluding hydrogens is 306 g/mol. The molecule has 0 radical (unpaired) electrons. The fraction of sp³-hybridized carbons (Fsp3) is 0.773. The van der Waals surface area contributed by atoms with Gasteiger partial charge in [0.1, 0.15) is 0 Å². The molecule has 1 aromatic rings. The molecular formula is C22H39N3. The molecule has 1 fully saturated rings. The summed E-state index contributed by atoms with van der Waals surface area (Å²) in [6.07, 6.45) is 10.3. The van der Waals surface area contributed by atoms with Crippen LogP contribution in [0.3, 0.4) is 0 Å². The Morgan fingerprint density at radius 3 is 2.16 bits per heavy atom. The lowest BCUT2D eigenvalue weighted by atomic mass is 9.90. The fourth-order valence-corrected chi connectivity index (χ4v) is 3.58. The zero-order valence-corrected chi connectivity index (χ0v) is 17.0. The van der Waals surface area contributed by atoms with E-state index in [1.807, 2.05) is 12.4 Å². The van der Waals surface area contributed by atoms with Gasteiger partial charge in [-0.3, -0.25) is 4.98 Å². The van der Waals surface area contributed by atoms with Gasteiger partial charge in [0, 0.05) is 38.6 Å². The second-order valence-electron chi connectivity index (χ2n) is 9.14. The van der Waals surface area contributed by atoms with Crippen LogP contribution in [0.1, 0.15) is 58.9 Å². The molecule has 1 saturated heterocycles. The predicted octanol–water partition coefficient (Wildman–Crippen LogP) is 4.48. The van der Waals surface area contributed by atoms with Gasteiger partial charge in [0.05, 0.1) is 0 Å². The lowest BCUT2D eigenvalue weighted by molar-refractivity contribution is 0.122. The maximum absolute atomic E-state index is 4.10. The lowest BCUT2D eigenvalue weighted by Crippen LogP contribution is -2.47. The van der Waals surface area contributed by atoms with Crippen LogP contribution >= 0.6 is 0 Å². The monoisotopic (exact) mass is 345 g/mol. The molecule has 3 nitrogen and oxygen atoms in total. The third-order valence-corrected chi connectivity index (χ3v) is 5.48. The summed E-state index contributed by atoms with van der Waals surface area (Å²) in [6, 6.07) is 4.29. The molecule has 0 spiro atoms. The van der Waals surface area contributed by atoms with Gasteiger partial charge < -0.3 is 9.80 Å². The van der Waals surface area contributed by atoms with Gasteiger partial charge in [-0.05, 0) is 74.2 Å². The number of hydrogen-bond acceptors (Lipinski definition) is 3. The highest BCUT2D eigenvalue weighted by atomic mass is 15.3. The van der Waals surface area contributed by atoms with Crippen LogP contribution in [0, 0.1) is 11.3 Å². The van der Waals surface area contributed by atoms with E-state index in [9.17, 15) is 0 Å². The van der Waals surface area contributed by atoms with E-state index in [0.717, 1.165) is 5.92 Å². The summed E-state index contributed by atoms with van der Waals surface area (Å²) in [7, 11) is 0. The second-order valence-corrected chi connectivity index (χ2v) is 9.14. The van der Waals surface area contributed by atoms with Crippen molar-refractivity contribution in [3.05, 3.63) is 30.1 Å². The van der Waals surface area contributed by atoms with Crippen molar-refractivity contribution in [1.82, 2.24) is 14.8 Å². The van der Waals surface area contributed by atoms with Gasteiger partial charge in [0.2, 0.25) is 0 Å². The molecule has 0 amide bonds. The number of hydrogen-bond donors (Lipinski definition) is 0. The normalized spacial score (nSPS) is 18.4. The van der Waals surface area contributed by atoms with Crippen molar-refractivity contribution in [2.75, 3.05) is 39.3 Å². The molecule has 0 aliphatic carbocycles. The van der Waals surface area contributed by atoms with Gasteiger partial charge >= 0.3 is 0 Å². The summed E-state index contributed by atoms with van der Waals surface area (Å²) >= 11 is 0. The van der Waals surface area contributed by atoms with Crippen LogP contribution in [-0.4, -0.2) is 54.1 Å². The number of aryl methyl sites for hydroxylation is 1. The Bertz CT molecular complexity index is 458. The Morgan fingerprint density at radius 1 is 0.960 bits per heavy atom. The Balaban J connectivity index is 1.54. The summed E-state index contributed by atoms with van der Waals surface area (Å²) in [5.74, 6) is 0.804. The van der Waals surface area contributed by atoms with Crippen LogP contribution < -0.4 is 0 Å². The zero-order chi connectivity index (χ0) is 18.1. The standard InChI is InChI=1S/C22H39N3/c1-20(6-7-21-8-12-23-13-9-21)10-15-25-18-16-24(17-19-25)14-5-11-22(2,3)4/h8-9,12-13,20H,5-7,10-11,14-19H2,1-4H3. The Hall–Kier alpha value is -0.930. The Kier molecular flexibility index (Phi) is 8.38. The van der Waals surface area contributed by atoms with E-state index in [4.69, 9.17) is 0 Å². The first-order valence-electron chi connectivity index (χ1n) is 10.3. The molecule has 142 valence electrons. The Morgan fingerprint density at radius 2 is 1.56 bits per heavy atom. The summed E-state index contributed by atoms with van der Waals surface area (Å²) in [6.45, 7) is 17.0. The summed E-state index contributed by atoms with van der Waals surface area (Å²) < 4.78 is 0. The molecule has 0 saturated carbocycles. The average molecular weight is 346 g/mol. The molecule has 1 aromatic heterocycles. The van der Waals surface area contributed by atoms with Crippen LogP contribution in [-0.2, 0) is 6.42 Å². The highest BCUT2D eigenvalue weighted by molar-refractivity contribution is 5.09. The van der Waals surface area contributed by atoms with Crippen molar-refractivity contribution in [3.63, 3.8) is 0 Å². The van der Waals surface area contributed by atoms with Crippen LogP contribution in [0.5, 0.6) is 0 Å². The topological polar surface area (TPSA) is 19.4 Å². The summed E-state index contributed by atoms with van der Waals surface area (Å²) in [4.78, 5) is 9.43. The third-order valence-electron chi connectivity index (χ3n) is 5.48. The number of nitrogens with zero attached hydrogens (tertiary/aromatic N) is 3. The van der Waals surface area contributed by atoms with E-state index >= 15 is 0 Å². The Labute approximate surface area is 155 Å². The van der Waals surface area contributed by atoms with Gasteiger partial charge in [-0.25, -0.2) is 0 Å². The van der Waals surface area contributed by atoms with Gasteiger partial charge in [0.15, 0.2) is 0 Å². The second kappa shape index (κ2) is 10.3. The highest BCUT2D eigenvalue weighted by Gasteiger charge is 2.18. The molecule has 1 aliphatic rings. The number of pyridine rings is 1. The van der Waals surface area contributed by atoms with Crippen LogP contribution in [0.15, 0.2) is 24.5 Å². The summed E-state index contributed by atoms with van der Waals surface area (Å²) in [5.41, 5.74) is 1.90. The molecule has 0 N–H and O–H groups in total. The van der Waals surface area contributed by atoms with Gasteiger partial charge in [0.25, 0.3) is 0 Å². The molecule has 3 heteroatoms. The molecule has 0 bridgehead atoms. The maximum atomic E-state index is 4.10. The first kappa shape index (κ1) is 20.4. The quantitative estimate of drug-likeness (QED) is 0.657. The van der Waals surface area contributed by atoms with E-state index < -0.39 is 0 Å². The first-order chi connectivity index (χ1) is 11.9. The molecule has 1 unspecified atom stereocenters.